The number of nitrogens with zero attached hydrogens (tertiary/aromatic N) is 4. The first-order chi connectivity index (χ1) is 14.0. The molecule has 3 rings (SSSR count). The Hall–Kier alpha value is -2.93. The van der Waals surface area contributed by atoms with Crippen molar-refractivity contribution >= 4 is 28.2 Å². The van der Waals surface area contributed by atoms with Crippen molar-refractivity contribution in [3.63, 3.8) is 0 Å². The molecule has 1 aliphatic rings. The summed E-state index contributed by atoms with van der Waals surface area (Å²) in [6, 6.07) is 8.54. The molecule has 1 unspecified atom stereocenters. The van der Waals surface area contributed by atoms with Crippen molar-refractivity contribution in [3.8, 4) is 6.07 Å². The number of carbonyl (C=O) groups is 1. The first-order valence-electron chi connectivity index (χ1n) is 8.97. The summed E-state index contributed by atoms with van der Waals surface area (Å²) < 4.78 is 52.7. The van der Waals surface area contributed by atoms with Gasteiger partial charge >= 0.3 is 6.18 Å². The van der Waals surface area contributed by atoms with Gasteiger partial charge in [0.15, 0.2) is 0 Å². The van der Waals surface area contributed by atoms with Crippen LogP contribution in [0.2, 0.25) is 0 Å². The summed E-state index contributed by atoms with van der Waals surface area (Å²) in [4.78, 5) is 19.9. The maximum Gasteiger partial charge on any atom is 0.417 e. The first kappa shape index (κ1) is 21.8. The molecule has 1 aliphatic heterocycles. The number of halogens is 3. The number of anilines is 2. The second-order valence-electron chi connectivity index (χ2n) is 7.08. The predicted molar refractivity (Wildman–Crippen MR) is 107 cm³/mol. The van der Waals surface area contributed by atoms with Gasteiger partial charge in [0.05, 0.1) is 17.2 Å². The zero-order valence-electron chi connectivity index (χ0n) is 16.5. The molecular weight excluding hydrogens is 417 g/mol. The normalized spacial score (nSPS) is 18.9. The number of aromatic nitrogens is 1. The smallest absolute Gasteiger partial charge is 0.331 e. The molecule has 10 heteroatoms. The molecule has 1 aromatic heterocycles. The van der Waals surface area contributed by atoms with Crippen LogP contribution in [0.1, 0.15) is 22.4 Å². The minimum atomic E-state index is -4.76. The Balaban J connectivity index is 2.06. The number of benzene rings is 1. The quantitative estimate of drug-likeness (QED) is 0.739. The van der Waals surface area contributed by atoms with Crippen molar-refractivity contribution in [3.05, 3.63) is 52.7 Å². The molecule has 0 N–H and O–H groups in total. The third-order valence-electron chi connectivity index (χ3n) is 4.83. The Morgan fingerprint density at radius 3 is 2.63 bits per heavy atom. The van der Waals surface area contributed by atoms with Crippen LogP contribution in [0.3, 0.4) is 0 Å². The fourth-order valence-electron chi connectivity index (χ4n) is 3.36. The minimum Gasteiger partial charge on any atom is -0.331 e. The van der Waals surface area contributed by atoms with Crippen LogP contribution in [-0.2, 0) is 21.8 Å². The van der Waals surface area contributed by atoms with Gasteiger partial charge in [-0.1, -0.05) is 12.1 Å². The fraction of sp³-hybridized carbons (Fsp3) is 0.350. The zero-order valence-corrected chi connectivity index (χ0v) is 17.3. The average molecular weight is 436 g/mol. The second kappa shape index (κ2) is 8.07. The molecule has 1 fully saturated rings. The monoisotopic (exact) mass is 436 g/mol. The molecular formula is C20H19F3N4O2S. The molecule has 2 heterocycles. The van der Waals surface area contributed by atoms with Gasteiger partial charge in [-0.2, -0.15) is 18.4 Å². The van der Waals surface area contributed by atoms with E-state index in [0.29, 0.717) is 5.69 Å². The van der Waals surface area contributed by atoms with E-state index in [-0.39, 0.29) is 23.1 Å². The lowest BCUT2D eigenvalue weighted by Gasteiger charge is -2.29. The molecule has 0 saturated carbocycles. The van der Waals surface area contributed by atoms with E-state index in [1.165, 1.54) is 16.7 Å². The maximum atomic E-state index is 13.5. The van der Waals surface area contributed by atoms with Gasteiger partial charge in [0.2, 0.25) is 5.91 Å². The average Bonchev–Trinajstić information content (AvgIpc) is 3.07. The van der Waals surface area contributed by atoms with E-state index in [1.54, 1.807) is 31.3 Å². The van der Waals surface area contributed by atoms with Crippen molar-refractivity contribution in [1.29, 1.82) is 5.26 Å². The molecule has 1 amide bonds. The van der Waals surface area contributed by atoms with Crippen LogP contribution in [0, 0.1) is 25.2 Å². The lowest BCUT2D eigenvalue weighted by molar-refractivity contribution is -0.137. The number of nitriles is 1. The molecule has 0 aliphatic carbocycles. The van der Waals surface area contributed by atoms with Crippen LogP contribution < -0.4 is 9.80 Å². The van der Waals surface area contributed by atoms with Gasteiger partial charge in [-0.15, -0.1) is 0 Å². The maximum absolute atomic E-state index is 13.5. The fourth-order valence-corrected chi connectivity index (χ4v) is 4.76. The molecule has 2 aromatic rings. The summed E-state index contributed by atoms with van der Waals surface area (Å²) in [5, 5.41) is 9.43. The number of carbonyl (C=O) groups excluding carboxylic acids is 1. The Kier molecular flexibility index (Phi) is 5.85. The molecule has 6 nitrogen and oxygen atoms in total. The van der Waals surface area contributed by atoms with Crippen LogP contribution in [0.15, 0.2) is 30.3 Å². The highest BCUT2D eigenvalue weighted by atomic mass is 32.2. The van der Waals surface area contributed by atoms with E-state index in [1.807, 2.05) is 13.0 Å². The van der Waals surface area contributed by atoms with Gasteiger partial charge in [0, 0.05) is 29.2 Å². The Morgan fingerprint density at radius 1 is 1.33 bits per heavy atom. The highest BCUT2D eigenvalue weighted by molar-refractivity contribution is 7.85. The number of likely N-dealkylation sites (N-methyl/N-ethyl adjacent to an activating group) is 1. The minimum absolute atomic E-state index is 0.0484. The third-order valence-corrected chi connectivity index (χ3v) is 6.08. The predicted octanol–water partition coefficient (Wildman–Crippen LogP) is 3.15. The van der Waals surface area contributed by atoms with E-state index >= 15 is 0 Å². The van der Waals surface area contributed by atoms with Gasteiger partial charge in [-0.05, 0) is 37.6 Å². The number of pyridine rings is 1. The van der Waals surface area contributed by atoms with Crippen molar-refractivity contribution in [2.45, 2.75) is 26.1 Å². The van der Waals surface area contributed by atoms with Gasteiger partial charge < -0.3 is 9.80 Å². The van der Waals surface area contributed by atoms with E-state index in [2.05, 4.69) is 4.98 Å². The lowest BCUT2D eigenvalue weighted by atomic mass is 10.1. The summed E-state index contributed by atoms with van der Waals surface area (Å²) in [6.07, 6.45) is -4.76. The Morgan fingerprint density at radius 2 is 2.03 bits per heavy atom. The largest absolute Gasteiger partial charge is 0.417 e. The van der Waals surface area contributed by atoms with E-state index < -0.39 is 40.1 Å². The Labute approximate surface area is 174 Å². The second-order valence-corrected chi connectivity index (χ2v) is 8.55. The summed E-state index contributed by atoms with van der Waals surface area (Å²) in [6.45, 7) is 3.25. The number of aryl methyl sites for hydroxylation is 2. The van der Waals surface area contributed by atoms with E-state index in [9.17, 15) is 27.4 Å². The van der Waals surface area contributed by atoms with Crippen LogP contribution in [-0.4, -0.2) is 39.8 Å². The molecule has 0 radical (unpaired) electrons. The van der Waals surface area contributed by atoms with Crippen molar-refractivity contribution in [2.24, 2.45) is 0 Å². The van der Waals surface area contributed by atoms with Crippen molar-refractivity contribution in [2.75, 3.05) is 28.5 Å². The molecule has 0 bridgehead atoms. The number of amides is 1. The van der Waals surface area contributed by atoms with E-state index in [4.69, 9.17) is 0 Å². The van der Waals surface area contributed by atoms with Gasteiger partial charge in [0.25, 0.3) is 0 Å². The molecule has 1 aromatic carbocycles. The topological polar surface area (TPSA) is 77.3 Å². The third kappa shape index (κ3) is 4.16. The summed E-state index contributed by atoms with van der Waals surface area (Å²) >= 11 is 0. The van der Waals surface area contributed by atoms with Crippen LogP contribution in [0.25, 0.3) is 0 Å². The zero-order chi connectivity index (χ0) is 22.2. The molecule has 30 heavy (non-hydrogen) atoms. The number of alkyl halides is 3. The van der Waals surface area contributed by atoms with Crippen molar-refractivity contribution in [1.82, 2.24) is 4.98 Å². The number of hydrogen-bond donors (Lipinski definition) is 0. The van der Waals surface area contributed by atoms with Crippen LogP contribution in [0.5, 0.6) is 0 Å². The summed E-state index contributed by atoms with van der Waals surface area (Å²) in [7, 11) is 0.0699. The molecule has 2 atom stereocenters. The summed E-state index contributed by atoms with van der Waals surface area (Å²) in [5.41, 5.74) is -0.217. The SMILES string of the molecule is Cc1cccc(N(C)C(=O)[C@@H]2CS(=O)CN2c2nc(C)cc(C(F)(F)F)c2C#N)c1. The highest BCUT2D eigenvalue weighted by Gasteiger charge is 2.42. The summed E-state index contributed by atoms with van der Waals surface area (Å²) in [5.74, 6) is -0.948. The molecule has 1 saturated heterocycles. The number of rotatable bonds is 3. The van der Waals surface area contributed by atoms with Gasteiger partial charge in [0.1, 0.15) is 23.5 Å². The highest BCUT2D eigenvalue weighted by Crippen LogP contribution is 2.37. The van der Waals surface area contributed by atoms with Gasteiger partial charge in [-0.25, -0.2) is 4.98 Å². The molecule has 158 valence electrons. The molecule has 0 spiro atoms. The van der Waals surface area contributed by atoms with Crippen LogP contribution in [0.4, 0.5) is 24.7 Å². The van der Waals surface area contributed by atoms with Crippen molar-refractivity contribution < 1.29 is 22.2 Å². The van der Waals surface area contributed by atoms with E-state index in [0.717, 1.165) is 11.6 Å². The van der Waals surface area contributed by atoms with Gasteiger partial charge in [-0.3, -0.25) is 9.00 Å². The first-order valence-corrected chi connectivity index (χ1v) is 10.5. The Bertz CT molecular complexity index is 1060. The standard InChI is InChI=1S/C20H19F3N4O2S/c1-12-5-4-6-14(7-12)26(3)19(28)17-10-30(29)11-27(17)18-15(9-24)16(20(21,22)23)8-13(2)25-18/h4-8,17H,10-11H2,1-3H3/t17-,30?/m0/s1. The van der Waals surface area contributed by atoms with Crippen LogP contribution >= 0.6 is 0 Å². The number of hydrogen-bond acceptors (Lipinski definition) is 5. The lowest BCUT2D eigenvalue weighted by Crippen LogP contribution is -2.46.